The van der Waals surface area contributed by atoms with Crippen LogP contribution in [0.2, 0.25) is 0 Å². The van der Waals surface area contributed by atoms with E-state index in [1.54, 1.807) is 23.1 Å². The number of nitrogens with zero attached hydrogens (tertiary/aromatic N) is 2. The van der Waals surface area contributed by atoms with Crippen molar-refractivity contribution in [3.05, 3.63) is 84.2 Å². The van der Waals surface area contributed by atoms with E-state index in [2.05, 4.69) is 0 Å². The molecule has 0 bridgehead atoms. The molecule has 0 unspecified atom stereocenters. The van der Waals surface area contributed by atoms with Crippen molar-refractivity contribution in [3.63, 3.8) is 0 Å². The molecule has 0 N–H and O–H groups in total. The topological polar surface area (TPSA) is 51.5 Å². The summed E-state index contributed by atoms with van der Waals surface area (Å²) in [4.78, 5) is 26.5. The molecule has 0 radical (unpaired) electrons. The first-order valence-electron chi connectivity index (χ1n) is 8.51. The highest BCUT2D eigenvalue weighted by molar-refractivity contribution is 5.98. The number of anilines is 1. The summed E-state index contributed by atoms with van der Waals surface area (Å²) < 4.78 is 7.16. The first kappa shape index (κ1) is 16.1. The van der Waals surface area contributed by atoms with E-state index in [1.165, 1.54) is 0 Å². The van der Waals surface area contributed by atoms with Gasteiger partial charge in [-0.05, 0) is 48.4 Å². The summed E-state index contributed by atoms with van der Waals surface area (Å²) in [6.45, 7) is 0.361. The van der Waals surface area contributed by atoms with Crippen molar-refractivity contribution >= 4 is 17.6 Å². The second-order valence-electron chi connectivity index (χ2n) is 6.14. The monoisotopic (exact) mass is 346 g/mol. The Balaban J connectivity index is 1.42. The van der Waals surface area contributed by atoms with Crippen LogP contribution in [0.25, 0.3) is 5.69 Å². The van der Waals surface area contributed by atoms with Crippen molar-refractivity contribution in [1.82, 2.24) is 4.57 Å². The molecule has 2 aromatic carbocycles. The molecule has 0 fully saturated rings. The maximum Gasteiger partial charge on any atom is 0.338 e. The molecule has 0 saturated heterocycles. The van der Waals surface area contributed by atoms with Crippen molar-refractivity contribution in [2.75, 3.05) is 18.1 Å². The third kappa shape index (κ3) is 3.11. The number of carbonyl (C=O) groups is 2. The van der Waals surface area contributed by atoms with E-state index in [0.717, 1.165) is 23.4 Å². The highest BCUT2D eigenvalue weighted by Crippen LogP contribution is 2.27. The highest BCUT2D eigenvalue weighted by atomic mass is 16.5. The maximum absolute atomic E-state index is 12.4. The summed E-state index contributed by atoms with van der Waals surface area (Å²) in [6.07, 6.45) is 4.63. The molecular formula is C21H18N2O3. The maximum atomic E-state index is 12.4. The van der Waals surface area contributed by atoms with Gasteiger partial charge >= 0.3 is 5.97 Å². The number of carbonyl (C=O) groups excluding carboxylic acids is 2. The number of hydrogen-bond donors (Lipinski definition) is 0. The highest BCUT2D eigenvalue weighted by Gasteiger charge is 2.25. The minimum atomic E-state index is -0.500. The Bertz CT molecular complexity index is 947. The van der Waals surface area contributed by atoms with Gasteiger partial charge in [0.1, 0.15) is 0 Å². The van der Waals surface area contributed by atoms with Crippen molar-refractivity contribution in [3.8, 4) is 5.69 Å². The zero-order chi connectivity index (χ0) is 17.9. The molecular weight excluding hydrogens is 328 g/mol. The van der Waals surface area contributed by atoms with Crippen LogP contribution in [0.3, 0.4) is 0 Å². The lowest BCUT2D eigenvalue weighted by Gasteiger charge is -2.17. The fourth-order valence-corrected chi connectivity index (χ4v) is 3.19. The molecule has 0 spiro atoms. The van der Waals surface area contributed by atoms with Gasteiger partial charge in [-0.3, -0.25) is 4.79 Å². The number of rotatable bonds is 4. The summed E-state index contributed by atoms with van der Waals surface area (Å²) >= 11 is 0. The molecule has 2 heterocycles. The van der Waals surface area contributed by atoms with Crippen molar-refractivity contribution in [2.24, 2.45) is 0 Å². The van der Waals surface area contributed by atoms with Gasteiger partial charge in [-0.1, -0.05) is 24.3 Å². The molecule has 0 aliphatic carbocycles. The Morgan fingerprint density at radius 3 is 2.62 bits per heavy atom. The first-order chi connectivity index (χ1) is 12.7. The van der Waals surface area contributed by atoms with Crippen LogP contribution in [0.4, 0.5) is 5.69 Å². The van der Waals surface area contributed by atoms with Gasteiger partial charge in [0.05, 0.1) is 5.56 Å². The fraction of sp³-hybridized carbons (Fsp3) is 0.143. The molecule has 5 nitrogen and oxygen atoms in total. The average molecular weight is 346 g/mol. The van der Waals surface area contributed by atoms with Crippen molar-refractivity contribution in [2.45, 2.75) is 6.42 Å². The van der Waals surface area contributed by atoms with E-state index >= 15 is 0 Å². The van der Waals surface area contributed by atoms with Crippen LogP contribution in [0.5, 0.6) is 0 Å². The number of ether oxygens (including phenoxy) is 1. The molecule has 0 atom stereocenters. The predicted octanol–water partition coefficient (Wildman–Crippen LogP) is 3.22. The van der Waals surface area contributed by atoms with Gasteiger partial charge in [0.2, 0.25) is 0 Å². The number of esters is 1. The summed E-state index contributed by atoms with van der Waals surface area (Å²) in [7, 11) is 0. The standard InChI is InChI=1S/C21H18N2O3/c24-20(23-13-10-16-6-1-2-9-19(16)23)15-26-21(25)17-7-5-8-18(14-17)22-11-3-4-12-22/h1-9,11-12,14H,10,13,15H2. The molecule has 130 valence electrons. The third-order valence-corrected chi connectivity index (χ3v) is 4.50. The zero-order valence-corrected chi connectivity index (χ0v) is 14.2. The Morgan fingerprint density at radius 1 is 0.962 bits per heavy atom. The van der Waals surface area contributed by atoms with Gasteiger partial charge in [-0.25, -0.2) is 4.79 Å². The van der Waals surface area contributed by atoms with E-state index in [9.17, 15) is 9.59 Å². The predicted molar refractivity (Wildman–Crippen MR) is 98.6 cm³/mol. The molecule has 5 heteroatoms. The quantitative estimate of drug-likeness (QED) is 0.682. The van der Waals surface area contributed by atoms with Crippen LogP contribution in [-0.4, -0.2) is 29.6 Å². The molecule has 0 saturated carbocycles. The SMILES string of the molecule is O=C(OCC(=O)N1CCc2ccccc21)c1cccc(-n2cccc2)c1. The smallest absolute Gasteiger partial charge is 0.338 e. The number of amides is 1. The molecule has 3 aromatic rings. The number of aromatic nitrogens is 1. The average Bonchev–Trinajstić information content (AvgIpc) is 3.36. The summed E-state index contributed by atoms with van der Waals surface area (Å²) in [5, 5.41) is 0. The summed E-state index contributed by atoms with van der Waals surface area (Å²) in [5.41, 5.74) is 3.34. The van der Waals surface area contributed by atoms with Gasteiger partial charge in [0, 0.05) is 30.3 Å². The van der Waals surface area contributed by atoms with Gasteiger partial charge in [0.15, 0.2) is 6.61 Å². The molecule has 4 rings (SSSR count). The number of hydrogen-bond acceptors (Lipinski definition) is 3. The Morgan fingerprint density at radius 2 is 1.77 bits per heavy atom. The summed E-state index contributed by atoms with van der Waals surface area (Å²) in [5.74, 6) is -0.704. The van der Waals surface area contributed by atoms with Crippen LogP contribution >= 0.6 is 0 Å². The van der Waals surface area contributed by atoms with E-state index < -0.39 is 5.97 Å². The third-order valence-electron chi connectivity index (χ3n) is 4.50. The number of para-hydroxylation sites is 1. The van der Waals surface area contributed by atoms with Gasteiger partial charge in [0.25, 0.3) is 5.91 Å². The van der Waals surface area contributed by atoms with E-state index in [1.807, 2.05) is 59.4 Å². The van der Waals surface area contributed by atoms with Crippen molar-refractivity contribution in [1.29, 1.82) is 0 Å². The Labute approximate surface area is 151 Å². The summed E-state index contributed by atoms with van der Waals surface area (Å²) in [6, 6.07) is 18.8. The first-order valence-corrected chi connectivity index (χ1v) is 8.51. The van der Waals surface area contributed by atoms with Gasteiger partial charge < -0.3 is 14.2 Å². The van der Waals surface area contributed by atoms with Gasteiger partial charge in [-0.15, -0.1) is 0 Å². The molecule has 1 aliphatic rings. The van der Waals surface area contributed by atoms with E-state index in [4.69, 9.17) is 4.74 Å². The van der Waals surface area contributed by atoms with Crippen LogP contribution in [-0.2, 0) is 16.0 Å². The fourth-order valence-electron chi connectivity index (χ4n) is 3.19. The van der Waals surface area contributed by atoms with Gasteiger partial charge in [-0.2, -0.15) is 0 Å². The minimum absolute atomic E-state index is 0.204. The second kappa shape index (κ2) is 6.88. The van der Waals surface area contributed by atoms with E-state index in [0.29, 0.717) is 12.1 Å². The second-order valence-corrected chi connectivity index (χ2v) is 6.14. The van der Waals surface area contributed by atoms with Crippen LogP contribution in [0.1, 0.15) is 15.9 Å². The van der Waals surface area contributed by atoms with Crippen molar-refractivity contribution < 1.29 is 14.3 Å². The normalized spacial score (nSPS) is 12.7. The van der Waals surface area contributed by atoms with Crippen LogP contribution in [0.15, 0.2) is 73.1 Å². The number of benzene rings is 2. The Kier molecular flexibility index (Phi) is 4.27. The number of fused-ring (bicyclic) bond motifs is 1. The zero-order valence-electron chi connectivity index (χ0n) is 14.2. The molecule has 26 heavy (non-hydrogen) atoms. The largest absolute Gasteiger partial charge is 0.452 e. The Hall–Kier alpha value is -3.34. The molecule has 1 aromatic heterocycles. The lowest BCUT2D eigenvalue weighted by atomic mass is 10.2. The lowest BCUT2D eigenvalue weighted by Crippen LogP contribution is -2.33. The van der Waals surface area contributed by atoms with E-state index in [-0.39, 0.29) is 12.5 Å². The molecule has 1 amide bonds. The lowest BCUT2D eigenvalue weighted by molar-refractivity contribution is -0.121. The van der Waals surface area contributed by atoms with Crippen LogP contribution in [0, 0.1) is 0 Å². The minimum Gasteiger partial charge on any atom is -0.452 e. The molecule has 1 aliphatic heterocycles. The van der Waals surface area contributed by atoms with Crippen LogP contribution < -0.4 is 4.90 Å².